The lowest BCUT2D eigenvalue weighted by Gasteiger charge is -2.05. The van der Waals surface area contributed by atoms with Crippen LogP contribution in [0.25, 0.3) is 0 Å². The van der Waals surface area contributed by atoms with E-state index in [0.717, 1.165) is 0 Å². The summed E-state index contributed by atoms with van der Waals surface area (Å²) in [4.78, 5) is 23.3. The number of carbonyl (C=O) groups is 1. The van der Waals surface area contributed by atoms with Crippen LogP contribution in [0.15, 0.2) is 30.7 Å². The van der Waals surface area contributed by atoms with Crippen LogP contribution in [0, 0.1) is 0 Å². The molecule has 0 saturated carbocycles. The Morgan fingerprint density at radius 1 is 1.29 bits per heavy atom. The van der Waals surface area contributed by atoms with Crippen LogP contribution >= 0.6 is 11.6 Å². The number of nitrogen functional groups attached to an aromatic ring is 1. The van der Waals surface area contributed by atoms with Crippen molar-refractivity contribution < 1.29 is 4.79 Å². The van der Waals surface area contributed by atoms with Gasteiger partial charge in [-0.25, -0.2) is 15.0 Å². The molecule has 0 unspecified atom stereocenters. The van der Waals surface area contributed by atoms with Crippen molar-refractivity contribution in [2.75, 3.05) is 11.1 Å². The van der Waals surface area contributed by atoms with E-state index in [0.29, 0.717) is 0 Å². The molecule has 0 aliphatic rings. The standard InChI is InChI=1S/C10H8ClN5O/c11-7-5-15-8(12)4-6(7)9(17)16-10-13-2-1-3-14-10/h1-5H,(H2,12,15)(H,13,14,16,17). The molecule has 0 saturated heterocycles. The lowest BCUT2D eigenvalue weighted by Crippen LogP contribution is -2.15. The summed E-state index contributed by atoms with van der Waals surface area (Å²) in [7, 11) is 0. The number of aromatic nitrogens is 3. The molecule has 17 heavy (non-hydrogen) atoms. The normalized spacial score (nSPS) is 9.94. The minimum absolute atomic E-state index is 0.198. The van der Waals surface area contributed by atoms with Crippen LogP contribution in [0.1, 0.15) is 10.4 Å². The van der Waals surface area contributed by atoms with E-state index in [1.165, 1.54) is 24.7 Å². The second-order valence-corrected chi connectivity index (χ2v) is 3.52. The number of rotatable bonds is 2. The zero-order valence-corrected chi connectivity index (χ0v) is 9.35. The minimum atomic E-state index is -0.435. The Hall–Kier alpha value is -2.21. The van der Waals surface area contributed by atoms with Crippen LogP contribution in [-0.4, -0.2) is 20.9 Å². The van der Waals surface area contributed by atoms with E-state index in [-0.39, 0.29) is 22.4 Å². The first kappa shape index (κ1) is 11.3. The van der Waals surface area contributed by atoms with Gasteiger partial charge in [0.05, 0.1) is 10.6 Å². The van der Waals surface area contributed by atoms with Crippen LogP contribution in [0.5, 0.6) is 0 Å². The predicted octanol–water partition coefficient (Wildman–Crippen LogP) is 1.36. The van der Waals surface area contributed by atoms with Gasteiger partial charge in [0.25, 0.3) is 5.91 Å². The Morgan fingerprint density at radius 3 is 2.71 bits per heavy atom. The van der Waals surface area contributed by atoms with Gasteiger partial charge in [-0.15, -0.1) is 0 Å². The molecule has 0 spiro atoms. The van der Waals surface area contributed by atoms with Crippen LogP contribution in [0.4, 0.5) is 11.8 Å². The summed E-state index contributed by atoms with van der Waals surface area (Å²) in [5.41, 5.74) is 5.71. The van der Waals surface area contributed by atoms with Crippen LogP contribution in [0.3, 0.4) is 0 Å². The second-order valence-electron chi connectivity index (χ2n) is 3.12. The topological polar surface area (TPSA) is 93.8 Å². The fourth-order valence-electron chi connectivity index (χ4n) is 1.16. The van der Waals surface area contributed by atoms with Crippen molar-refractivity contribution in [3.8, 4) is 0 Å². The molecule has 2 aromatic rings. The molecule has 0 aromatic carbocycles. The molecule has 3 N–H and O–H groups in total. The molecule has 2 rings (SSSR count). The summed E-state index contributed by atoms with van der Waals surface area (Å²) >= 11 is 5.84. The summed E-state index contributed by atoms with van der Waals surface area (Å²) in [5.74, 6) is -0.0206. The molecule has 1 amide bonds. The van der Waals surface area contributed by atoms with Gasteiger partial charge in [-0.2, -0.15) is 0 Å². The summed E-state index contributed by atoms with van der Waals surface area (Å²) in [6, 6.07) is 3.04. The van der Waals surface area contributed by atoms with E-state index < -0.39 is 5.91 Å². The van der Waals surface area contributed by atoms with Crippen molar-refractivity contribution in [1.29, 1.82) is 0 Å². The number of hydrogen-bond acceptors (Lipinski definition) is 5. The first-order chi connectivity index (χ1) is 8.16. The third kappa shape index (κ3) is 2.67. The predicted molar refractivity (Wildman–Crippen MR) is 63.6 cm³/mol. The molecule has 0 radical (unpaired) electrons. The highest BCUT2D eigenvalue weighted by molar-refractivity contribution is 6.34. The van der Waals surface area contributed by atoms with Crippen molar-refractivity contribution in [2.24, 2.45) is 0 Å². The summed E-state index contributed by atoms with van der Waals surface area (Å²) in [6.45, 7) is 0. The van der Waals surface area contributed by atoms with Gasteiger partial charge in [-0.1, -0.05) is 11.6 Å². The maximum atomic E-state index is 11.8. The van der Waals surface area contributed by atoms with Gasteiger partial charge in [0.1, 0.15) is 5.82 Å². The van der Waals surface area contributed by atoms with Gasteiger partial charge in [0, 0.05) is 18.6 Å². The fourth-order valence-corrected chi connectivity index (χ4v) is 1.35. The molecular formula is C10H8ClN5O. The van der Waals surface area contributed by atoms with Gasteiger partial charge in [-0.3, -0.25) is 10.1 Å². The van der Waals surface area contributed by atoms with E-state index in [1.807, 2.05) is 0 Å². The Morgan fingerprint density at radius 2 is 2.00 bits per heavy atom. The quantitative estimate of drug-likeness (QED) is 0.838. The molecule has 0 atom stereocenters. The number of amides is 1. The molecule has 0 fully saturated rings. The van der Waals surface area contributed by atoms with E-state index in [1.54, 1.807) is 6.07 Å². The van der Waals surface area contributed by atoms with Crippen molar-refractivity contribution >= 4 is 29.3 Å². The van der Waals surface area contributed by atoms with Crippen LogP contribution < -0.4 is 11.1 Å². The molecule has 6 nitrogen and oxygen atoms in total. The van der Waals surface area contributed by atoms with Gasteiger partial charge in [0.2, 0.25) is 5.95 Å². The molecule has 86 valence electrons. The van der Waals surface area contributed by atoms with Gasteiger partial charge in [-0.05, 0) is 12.1 Å². The monoisotopic (exact) mass is 249 g/mol. The van der Waals surface area contributed by atoms with Gasteiger partial charge >= 0.3 is 0 Å². The summed E-state index contributed by atoms with van der Waals surface area (Å²) in [6.07, 6.45) is 4.36. The number of anilines is 2. The lowest BCUT2D eigenvalue weighted by molar-refractivity contribution is 0.102. The van der Waals surface area contributed by atoms with Crippen LogP contribution in [-0.2, 0) is 0 Å². The van der Waals surface area contributed by atoms with Crippen molar-refractivity contribution in [3.05, 3.63) is 41.3 Å². The first-order valence-electron chi connectivity index (χ1n) is 4.66. The number of carbonyl (C=O) groups excluding carboxylic acids is 1. The Kier molecular flexibility index (Phi) is 3.15. The lowest BCUT2D eigenvalue weighted by atomic mass is 10.2. The number of pyridine rings is 1. The third-order valence-electron chi connectivity index (χ3n) is 1.91. The SMILES string of the molecule is Nc1cc(C(=O)Nc2ncccn2)c(Cl)cn1. The molecule has 0 aliphatic carbocycles. The van der Waals surface area contributed by atoms with Crippen molar-refractivity contribution in [1.82, 2.24) is 15.0 Å². The van der Waals surface area contributed by atoms with E-state index in [9.17, 15) is 4.79 Å². The molecular weight excluding hydrogens is 242 g/mol. The highest BCUT2D eigenvalue weighted by Gasteiger charge is 2.12. The number of nitrogens with one attached hydrogen (secondary N) is 1. The smallest absolute Gasteiger partial charge is 0.259 e. The summed E-state index contributed by atoms with van der Waals surface area (Å²) < 4.78 is 0. The van der Waals surface area contributed by atoms with E-state index in [2.05, 4.69) is 20.3 Å². The third-order valence-corrected chi connectivity index (χ3v) is 2.21. The molecule has 2 aromatic heterocycles. The average Bonchev–Trinajstić information content (AvgIpc) is 2.33. The Bertz CT molecular complexity index is 546. The van der Waals surface area contributed by atoms with E-state index in [4.69, 9.17) is 17.3 Å². The summed E-state index contributed by atoms with van der Waals surface area (Å²) in [5, 5.41) is 2.71. The van der Waals surface area contributed by atoms with E-state index >= 15 is 0 Å². The maximum absolute atomic E-state index is 11.8. The van der Waals surface area contributed by atoms with Crippen molar-refractivity contribution in [3.63, 3.8) is 0 Å². The molecule has 2 heterocycles. The fraction of sp³-hybridized carbons (Fsp3) is 0. The zero-order chi connectivity index (χ0) is 12.3. The minimum Gasteiger partial charge on any atom is -0.384 e. The highest BCUT2D eigenvalue weighted by Crippen LogP contribution is 2.17. The highest BCUT2D eigenvalue weighted by atomic mass is 35.5. The van der Waals surface area contributed by atoms with Crippen LogP contribution in [0.2, 0.25) is 5.02 Å². The van der Waals surface area contributed by atoms with Gasteiger partial charge in [0.15, 0.2) is 0 Å². The number of nitrogens with zero attached hydrogens (tertiary/aromatic N) is 3. The number of nitrogens with two attached hydrogens (primary N) is 1. The average molecular weight is 250 g/mol. The molecule has 7 heteroatoms. The Labute approximate surface area is 102 Å². The maximum Gasteiger partial charge on any atom is 0.259 e. The number of halogens is 1. The molecule has 0 aliphatic heterocycles. The zero-order valence-electron chi connectivity index (χ0n) is 8.59. The molecule has 0 bridgehead atoms. The van der Waals surface area contributed by atoms with Gasteiger partial charge < -0.3 is 5.73 Å². The number of hydrogen-bond donors (Lipinski definition) is 2. The Balaban J connectivity index is 2.23. The first-order valence-corrected chi connectivity index (χ1v) is 5.04. The van der Waals surface area contributed by atoms with Crippen molar-refractivity contribution in [2.45, 2.75) is 0 Å². The second kappa shape index (κ2) is 4.75. The largest absolute Gasteiger partial charge is 0.384 e.